The van der Waals surface area contributed by atoms with Crippen molar-refractivity contribution in [1.29, 1.82) is 0 Å². The minimum atomic E-state index is -2.85. The molecule has 4 rings (SSSR count). The zero-order chi connectivity index (χ0) is 25.2. The normalized spacial score (nSPS) is 22.9. The average Bonchev–Trinajstić information content (AvgIpc) is 3.15. The van der Waals surface area contributed by atoms with Gasteiger partial charge in [-0.15, -0.1) is 0 Å². The molecule has 2 N–H and O–H groups in total. The fourth-order valence-electron chi connectivity index (χ4n) is 4.93. The number of hydrogen-bond donors (Lipinski definition) is 2. The highest BCUT2D eigenvalue weighted by Gasteiger charge is 2.52. The molecule has 1 saturated heterocycles. The Morgan fingerprint density at radius 1 is 1.00 bits per heavy atom. The fourth-order valence-corrected chi connectivity index (χ4v) is 9.50. The van der Waals surface area contributed by atoms with Gasteiger partial charge in [0.2, 0.25) is 0 Å². The minimum absolute atomic E-state index is 0.100. The van der Waals surface area contributed by atoms with Crippen molar-refractivity contribution in [1.82, 2.24) is 9.55 Å². The van der Waals surface area contributed by atoms with Gasteiger partial charge in [-0.2, -0.15) is 0 Å². The fraction of sp³-hybridized carbons (Fsp3) is 0.385. The highest BCUT2D eigenvalue weighted by Crippen LogP contribution is 2.38. The number of benzene rings is 2. The molecule has 2 aromatic carbocycles. The smallest absolute Gasteiger partial charge is 0.330 e. The highest BCUT2D eigenvalue weighted by molar-refractivity contribution is 6.99. The SMILES string of the molecule is CO[C@@H]1[C@H](O)[C@@H](CO[Si](c2ccccc2)(c2ccccc2)C(C)(C)C)O[C@H]1n1ccc(=O)[nH]c1=O. The van der Waals surface area contributed by atoms with Gasteiger partial charge in [0.1, 0.15) is 18.3 Å². The molecule has 1 aliphatic heterocycles. The number of H-pyrrole nitrogens is 1. The van der Waals surface area contributed by atoms with Crippen LogP contribution >= 0.6 is 0 Å². The molecule has 1 aliphatic rings. The molecule has 8 nitrogen and oxygen atoms in total. The van der Waals surface area contributed by atoms with Crippen LogP contribution in [-0.4, -0.2) is 55.0 Å². The van der Waals surface area contributed by atoms with E-state index in [1.807, 2.05) is 36.4 Å². The Labute approximate surface area is 205 Å². The minimum Gasteiger partial charge on any atom is -0.405 e. The lowest BCUT2D eigenvalue weighted by Crippen LogP contribution is -2.67. The number of methoxy groups -OCH3 is 1. The number of aromatic nitrogens is 2. The molecule has 0 saturated carbocycles. The molecule has 0 spiro atoms. The number of rotatable bonds is 7. The van der Waals surface area contributed by atoms with Gasteiger partial charge in [-0.05, 0) is 15.4 Å². The average molecular weight is 497 g/mol. The number of aliphatic hydroxyl groups excluding tert-OH is 1. The Morgan fingerprint density at radius 2 is 1.57 bits per heavy atom. The summed E-state index contributed by atoms with van der Waals surface area (Å²) in [7, 11) is -1.40. The molecule has 0 unspecified atom stereocenters. The zero-order valence-corrected chi connectivity index (χ0v) is 21.4. The van der Waals surface area contributed by atoms with Crippen molar-refractivity contribution in [3.05, 3.63) is 93.8 Å². The highest BCUT2D eigenvalue weighted by atomic mass is 28.4. The number of nitrogens with zero attached hydrogens (tertiary/aromatic N) is 1. The van der Waals surface area contributed by atoms with E-state index in [0.29, 0.717) is 0 Å². The van der Waals surface area contributed by atoms with Gasteiger partial charge in [-0.25, -0.2) is 4.79 Å². The van der Waals surface area contributed by atoms with Crippen molar-refractivity contribution in [2.45, 2.75) is 50.3 Å². The third kappa shape index (κ3) is 4.70. The van der Waals surface area contributed by atoms with Gasteiger partial charge in [0, 0.05) is 19.4 Å². The number of hydrogen-bond acceptors (Lipinski definition) is 6. The van der Waals surface area contributed by atoms with E-state index in [0.717, 1.165) is 10.4 Å². The summed E-state index contributed by atoms with van der Waals surface area (Å²) < 4.78 is 19.8. The lowest BCUT2D eigenvalue weighted by Gasteiger charge is -2.43. The van der Waals surface area contributed by atoms with Crippen LogP contribution in [0.4, 0.5) is 0 Å². The molecule has 2 heterocycles. The maximum Gasteiger partial charge on any atom is 0.330 e. The summed E-state index contributed by atoms with van der Waals surface area (Å²) in [6.07, 6.45) is -2.17. The monoisotopic (exact) mass is 496 g/mol. The standard InChI is InChI=1S/C26H32N2O6Si/c1-26(2,3)35(18-11-7-5-8-12-18,19-13-9-6-10-14-19)33-17-20-22(30)23(32-4)24(34-20)28-16-15-21(29)27-25(28)31/h5-16,20,22-24,30H,17H2,1-4H3,(H,27,29,31)/t20-,22-,23-,24-/m1/s1. The van der Waals surface area contributed by atoms with Crippen LogP contribution in [0.2, 0.25) is 5.04 Å². The maximum atomic E-state index is 12.4. The molecule has 1 fully saturated rings. The van der Waals surface area contributed by atoms with E-state index in [2.05, 4.69) is 50.0 Å². The van der Waals surface area contributed by atoms with Gasteiger partial charge >= 0.3 is 5.69 Å². The van der Waals surface area contributed by atoms with Crippen LogP contribution in [0.1, 0.15) is 27.0 Å². The van der Waals surface area contributed by atoms with Crippen molar-refractivity contribution < 1.29 is 19.0 Å². The van der Waals surface area contributed by atoms with Crippen LogP contribution < -0.4 is 21.6 Å². The van der Waals surface area contributed by atoms with Crippen molar-refractivity contribution in [2.75, 3.05) is 13.7 Å². The van der Waals surface area contributed by atoms with E-state index in [1.54, 1.807) is 0 Å². The molecule has 186 valence electrons. The first-order valence-electron chi connectivity index (χ1n) is 11.6. The topological polar surface area (TPSA) is 103 Å². The molecule has 0 amide bonds. The molecular formula is C26H32N2O6Si. The molecule has 0 radical (unpaired) electrons. The lowest BCUT2D eigenvalue weighted by atomic mass is 10.1. The largest absolute Gasteiger partial charge is 0.405 e. The second-order valence-corrected chi connectivity index (χ2v) is 14.1. The Morgan fingerprint density at radius 3 is 2.06 bits per heavy atom. The number of nitrogens with one attached hydrogen (secondary N) is 1. The first kappa shape index (κ1) is 25.3. The van der Waals surface area contributed by atoms with Gasteiger partial charge in [0.25, 0.3) is 13.9 Å². The predicted octanol–water partition coefficient (Wildman–Crippen LogP) is 1.39. The molecular weight excluding hydrogens is 464 g/mol. The van der Waals surface area contributed by atoms with Gasteiger partial charge in [0.05, 0.1) is 6.61 Å². The molecule has 35 heavy (non-hydrogen) atoms. The lowest BCUT2D eigenvalue weighted by molar-refractivity contribution is -0.0610. The summed E-state index contributed by atoms with van der Waals surface area (Å²) in [6.45, 7) is 6.62. The molecule has 9 heteroatoms. The van der Waals surface area contributed by atoms with Crippen LogP contribution in [0.15, 0.2) is 82.5 Å². The first-order chi connectivity index (χ1) is 16.7. The van der Waals surface area contributed by atoms with E-state index in [1.165, 1.54) is 23.9 Å². The van der Waals surface area contributed by atoms with Crippen molar-refractivity contribution in [2.24, 2.45) is 0 Å². The third-order valence-electron chi connectivity index (χ3n) is 6.59. The molecule has 0 bridgehead atoms. The summed E-state index contributed by atoms with van der Waals surface area (Å²) in [5.41, 5.74) is -1.14. The van der Waals surface area contributed by atoms with Crippen LogP contribution in [0.5, 0.6) is 0 Å². The number of ether oxygens (including phenoxy) is 2. The summed E-state index contributed by atoms with van der Waals surface area (Å²) in [5.74, 6) is 0. The van der Waals surface area contributed by atoms with E-state index in [-0.39, 0.29) is 11.6 Å². The van der Waals surface area contributed by atoms with Gasteiger partial charge in [0.15, 0.2) is 6.23 Å². The van der Waals surface area contributed by atoms with Crippen LogP contribution in [0.25, 0.3) is 0 Å². The Balaban J connectivity index is 1.70. The first-order valence-corrected chi connectivity index (χ1v) is 13.5. The van der Waals surface area contributed by atoms with Gasteiger partial charge < -0.3 is 19.0 Å². The van der Waals surface area contributed by atoms with Crippen LogP contribution in [-0.2, 0) is 13.9 Å². The summed E-state index contributed by atoms with van der Waals surface area (Å²) >= 11 is 0. The van der Waals surface area contributed by atoms with E-state index in [9.17, 15) is 14.7 Å². The Hall–Kier alpha value is -2.82. The van der Waals surface area contributed by atoms with Crippen molar-refractivity contribution >= 4 is 18.7 Å². The quantitative estimate of drug-likeness (QED) is 0.479. The van der Waals surface area contributed by atoms with E-state index >= 15 is 0 Å². The molecule has 0 aliphatic carbocycles. The number of aliphatic hydroxyl groups is 1. The van der Waals surface area contributed by atoms with Crippen molar-refractivity contribution in [3.8, 4) is 0 Å². The Kier molecular flexibility index (Phi) is 7.25. The maximum absolute atomic E-state index is 12.4. The third-order valence-corrected chi connectivity index (χ3v) is 11.6. The molecule has 1 aromatic heterocycles. The van der Waals surface area contributed by atoms with Gasteiger partial charge in [-0.3, -0.25) is 14.3 Å². The number of aromatic amines is 1. The summed E-state index contributed by atoms with van der Waals surface area (Å²) in [6, 6.07) is 21.6. The second-order valence-electron chi connectivity index (χ2n) is 9.75. The Bertz CT molecular complexity index is 1200. The van der Waals surface area contributed by atoms with E-state index < -0.39 is 44.1 Å². The summed E-state index contributed by atoms with van der Waals surface area (Å²) in [4.78, 5) is 26.1. The second kappa shape index (κ2) is 10.0. The van der Waals surface area contributed by atoms with Crippen LogP contribution in [0, 0.1) is 0 Å². The van der Waals surface area contributed by atoms with Crippen molar-refractivity contribution in [3.63, 3.8) is 0 Å². The van der Waals surface area contributed by atoms with E-state index in [4.69, 9.17) is 13.9 Å². The summed E-state index contributed by atoms with van der Waals surface area (Å²) in [5, 5.41) is 13.1. The zero-order valence-electron chi connectivity index (χ0n) is 20.4. The molecule has 3 aromatic rings. The van der Waals surface area contributed by atoms with Crippen LogP contribution in [0.3, 0.4) is 0 Å². The van der Waals surface area contributed by atoms with Gasteiger partial charge in [-0.1, -0.05) is 81.4 Å². The predicted molar refractivity (Wildman–Crippen MR) is 136 cm³/mol. The molecule has 4 atom stereocenters.